The van der Waals surface area contributed by atoms with E-state index in [0.717, 1.165) is 13.0 Å². The largest absolute Gasteiger partial charge is 0.633 e. The fourth-order valence-electron chi connectivity index (χ4n) is 2.52. The lowest BCUT2D eigenvalue weighted by atomic mass is 10.1. The molecule has 0 atom stereocenters. The van der Waals surface area contributed by atoms with Crippen LogP contribution in [0.3, 0.4) is 0 Å². The van der Waals surface area contributed by atoms with Gasteiger partial charge in [0, 0.05) is 6.61 Å². The van der Waals surface area contributed by atoms with Gasteiger partial charge in [0.1, 0.15) is 6.54 Å². The van der Waals surface area contributed by atoms with E-state index in [1.54, 1.807) is 14.1 Å². The van der Waals surface area contributed by atoms with Crippen molar-refractivity contribution >= 4 is 0 Å². The van der Waals surface area contributed by atoms with E-state index in [2.05, 4.69) is 6.92 Å². The molecule has 0 amide bonds. The maximum Gasteiger partial charge on any atom is 0.102 e. The van der Waals surface area contributed by atoms with Crippen molar-refractivity contribution in [3.63, 3.8) is 0 Å². The van der Waals surface area contributed by atoms with Gasteiger partial charge in [0.05, 0.1) is 47.1 Å². The van der Waals surface area contributed by atoms with E-state index in [9.17, 15) is 5.21 Å². The summed E-state index contributed by atoms with van der Waals surface area (Å²) in [6.45, 7) is 6.43. The van der Waals surface area contributed by atoms with Gasteiger partial charge >= 0.3 is 0 Å². The first kappa shape index (κ1) is 24.8. The van der Waals surface area contributed by atoms with Crippen LogP contribution in [0, 0.1) is 5.21 Å². The number of unbranched alkanes of at least 4 members (excludes halogenated alkanes) is 9. The molecule has 0 aliphatic rings. The van der Waals surface area contributed by atoms with Gasteiger partial charge in [-0.25, -0.2) is 0 Å². The quantitative estimate of drug-likeness (QED) is 0.182. The highest BCUT2D eigenvalue weighted by atomic mass is 16.6. The third-order valence-corrected chi connectivity index (χ3v) is 4.16. The number of rotatable bonds is 20. The van der Waals surface area contributed by atoms with Crippen LogP contribution < -0.4 is 0 Å². The fourth-order valence-corrected chi connectivity index (χ4v) is 2.52. The highest BCUT2D eigenvalue weighted by molar-refractivity contribution is 4.47. The van der Waals surface area contributed by atoms with Crippen LogP contribution in [0.4, 0.5) is 0 Å². The summed E-state index contributed by atoms with van der Waals surface area (Å²) in [5.41, 5.74) is 0. The molecule has 0 N–H and O–H groups in total. The molecule has 0 unspecified atom stereocenters. The van der Waals surface area contributed by atoms with Gasteiger partial charge in [-0.2, -0.15) is 0 Å². The summed E-state index contributed by atoms with van der Waals surface area (Å²) in [6, 6.07) is 0. The molecule has 0 rings (SSSR count). The van der Waals surface area contributed by atoms with Crippen LogP contribution in [0.5, 0.6) is 0 Å². The van der Waals surface area contributed by atoms with E-state index in [0.29, 0.717) is 39.6 Å². The first-order valence-corrected chi connectivity index (χ1v) is 10.3. The van der Waals surface area contributed by atoms with Crippen molar-refractivity contribution in [2.24, 2.45) is 0 Å². The summed E-state index contributed by atoms with van der Waals surface area (Å²) in [4.78, 5) is 0. The summed E-state index contributed by atoms with van der Waals surface area (Å²) in [5.74, 6) is 0. The van der Waals surface area contributed by atoms with Crippen molar-refractivity contribution in [2.45, 2.75) is 71.1 Å². The summed E-state index contributed by atoms with van der Waals surface area (Å²) in [6.07, 6.45) is 13.5. The highest BCUT2D eigenvalue weighted by Crippen LogP contribution is 2.10. The van der Waals surface area contributed by atoms with Crippen LogP contribution in [0.25, 0.3) is 0 Å². The molecule has 152 valence electrons. The standard InChI is InChI=1S/C20H43NO4/c1-4-5-6-7-8-9-10-11-12-13-15-23-17-19-25-20-18-24-16-14-21(2,3)22/h4-20H2,1-3H3. The summed E-state index contributed by atoms with van der Waals surface area (Å²) < 4.78 is 16.0. The molecular weight excluding hydrogens is 318 g/mol. The van der Waals surface area contributed by atoms with Crippen LogP contribution in [-0.4, -0.2) is 64.9 Å². The third kappa shape index (κ3) is 23.8. The Balaban J connectivity index is 3.01. The van der Waals surface area contributed by atoms with Gasteiger partial charge in [0.2, 0.25) is 0 Å². The Morgan fingerprint density at radius 1 is 0.560 bits per heavy atom. The van der Waals surface area contributed by atoms with E-state index in [1.807, 2.05) is 0 Å². The molecule has 25 heavy (non-hydrogen) atoms. The lowest BCUT2D eigenvalue weighted by molar-refractivity contribution is -0.840. The Hall–Kier alpha value is -0.200. The third-order valence-electron chi connectivity index (χ3n) is 4.16. The zero-order chi connectivity index (χ0) is 18.6. The Bertz CT molecular complexity index is 257. The van der Waals surface area contributed by atoms with Crippen molar-refractivity contribution in [1.82, 2.24) is 0 Å². The highest BCUT2D eigenvalue weighted by Gasteiger charge is 2.00. The SMILES string of the molecule is CCCCCCCCCCCCOCCOCCOCC[N+](C)(C)[O-]. The van der Waals surface area contributed by atoms with Gasteiger partial charge in [-0.05, 0) is 6.42 Å². The van der Waals surface area contributed by atoms with Gasteiger partial charge in [-0.1, -0.05) is 64.7 Å². The first-order valence-electron chi connectivity index (χ1n) is 10.3. The lowest BCUT2D eigenvalue weighted by Gasteiger charge is -2.33. The second-order valence-electron chi connectivity index (χ2n) is 7.32. The van der Waals surface area contributed by atoms with Crippen molar-refractivity contribution in [1.29, 1.82) is 0 Å². The smallest absolute Gasteiger partial charge is 0.102 e. The Morgan fingerprint density at radius 2 is 0.960 bits per heavy atom. The summed E-state index contributed by atoms with van der Waals surface area (Å²) in [5, 5.41) is 11.3. The van der Waals surface area contributed by atoms with Crippen LogP contribution >= 0.6 is 0 Å². The van der Waals surface area contributed by atoms with E-state index in [4.69, 9.17) is 14.2 Å². The van der Waals surface area contributed by atoms with Crippen molar-refractivity contribution < 1.29 is 18.9 Å². The summed E-state index contributed by atoms with van der Waals surface area (Å²) >= 11 is 0. The second kappa shape index (κ2) is 18.6. The molecule has 0 spiro atoms. The molecule has 0 aliphatic carbocycles. The van der Waals surface area contributed by atoms with E-state index in [1.165, 1.54) is 57.8 Å². The lowest BCUT2D eigenvalue weighted by Crippen LogP contribution is -2.35. The molecule has 0 aromatic heterocycles. The maximum absolute atomic E-state index is 11.3. The molecule has 0 radical (unpaired) electrons. The molecular formula is C20H43NO4. The Kier molecular flexibility index (Phi) is 18.4. The van der Waals surface area contributed by atoms with Crippen molar-refractivity contribution in [3.05, 3.63) is 5.21 Å². The molecule has 0 bridgehead atoms. The van der Waals surface area contributed by atoms with Gasteiger partial charge in [0.25, 0.3) is 0 Å². The molecule has 0 aliphatic heterocycles. The van der Waals surface area contributed by atoms with Crippen LogP contribution in [0.2, 0.25) is 0 Å². The average molecular weight is 362 g/mol. The van der Waals surface area contributed by atoms with E-state index in [-0.39, 0.29) is 4.65 Å². The first-order chi connectivity index (χ1) is 12.1. The molecule has 5 heteroatoms. The predicted octanol–water partition coefficient (Wildman–Crippen LogP) is 4.53. The number of hydrogen-bond donors (Lipinski definition) is 0. The van der Waals surface area contributed by atoms with E-state index < -0.39 is 0 Å². The minimum absolute atomic E-state index is 0.312. The maximum atomic E-state index is 11.3. The molecule has 0 aromatic rings. The number of nitrogens with zero attached hydrogens (tertiary/aromatic N) is 1. The zero-order valence-corrected chi connectivity index (χ0v) is 17.1. The predicted molar refractivity (Wildman–Crippen MR) is 105 cm³/mol. The van der Waals surface area contributed by atoms with Crippen molar-refractivity contribution in [3.8, 4) is 0 Å². The molecule has 0 saturated heterocycles. The van der Waals surface area contributed by atoms with Gasteiger partial charge in [-0.15, -0.1) is 0 Å². The second-order valence-corrected chi connectivity index (χ2v) is 7.32. The van der Waals surface area contributed by atoms with Crippen LogP contribution in [0.1, 0.15) is 71.1 Å². The Labute approximate surface area is 156 Å². The number of hydroxylamine groups is 3. The van der Waals surface area contributed by atoms with Gasteiger partial charge in [-0.3, -0.25) is 0 Å². The molecule has 0 fully saturated rings. The topological polar surface area (TPSA) is 50.8 Å². The fraction of sp³-hybridized carbons (Fsp3) is 1.00. The minimum Gasteiger partial charge on any atom is -0.633 e. The minimum atomic E-state index is -0.312. The van der Waals surface area contributed by atoms with Gasteiger partial charge < -0.3 is 24.1 Å². The summed E-state index contributed by atoms with van der Waals surface area (Å²) in [7, 11) is 3.23. The number of likely N-dealkylation sites (N-methyl/N-ethyl adjacent to an activating group) is 1. The van der Waals surface area contributed by atoms with Crippen molar-refractivity contribution in [2.75, 3.05) is 60.3 Å². The monoisotopic (exact) mass is 361 g/mol. The van der Waals surface area contributed by atoms with Crippen LogP contribution in [-0.2, 0) is 14.2 Å². The normalized spacial score (nSPS) is 12.0. The average Bonchev–Trinajstić information content (AvgIpc) is 2.56. The number of hydrogen-bond acceptors (Lipinski definition) is 4. The number of ether oxygens (including phenoxy) is 3. The Morgan fingerprint density at radius 3 is 1.44 bits per heavy atom. The molecule has 0 saturated carbocycles. The van der Waals surface area contributed by atoms with Crippen LogP contribution in [0.15, 0.2) is 0 Å². The molecule has 5 nitrogen and oxygen atoms in total. The number of quaternary nitrogens is 1. The molecule has 0 aromatic carbocycles. The van der Waals surface area contributed by atoms with E-state index >= 15 is 0 Å². The zero-order valence-electron chi connectivity index (χ0n) is 17.1. The van der Waals surface area contributed by atoms with Gasteiger partial charge in [0.15, 0.2) is 0 Å². The molecule has 0 heterocycles.